The molecule has 1 aliphatic heterocycles. The van der Waals surface area contributed by atoms with Crippen molar-refractivity contribution < 1.29 is 19.0 Å². The van der Waals surface area contributed by atoms with Gasteiger partial charge >= 0.3 is 0 Å². The third-order valence-electron chi connectivity index (χ3n) is 2.73. The number of carbonyl (C=O) groups excluding carboxylic acids is 1. The van der Waals surface area contributed by atoms with Crippen molar-refractivity contribution in [3.05, 3.63) is 40.1 Å². The van der Waals surface area contributed by atoms with Gasteiger partial charge in [0.25, 0.3) is 0 Å². The molecular formula is C14H12O4S. The lowest BCUT2D eigenvalue weighted by atomic mass is 10.3. The zero-order valence-corrected chi connectivity index (χ0v) is 11.2. The van der Waals surface area contributed by atoms with Crippen LogP contribution in [0.2, 0.25) is 0 Å². The van der Waals surface area contributed by atoms with Crippen LogP contribution in [0.3, 0.4) is 0 Å². The fourth-order valence-corrected chi connectivity index (χ4v) is 2.56. The van der Waals surface area contributed by atoms with Gasteiger partial charge in [-0.1, -0.05) is 0 Å². The smallest absolute Gasteiger partial charge is 0.231 e. The number of hydrogen-bond donors (Lipinski definition) is 0. The van der Waals surface area contributed by atoms with Crippen molar-refractivity contribution in [2.75, 3.05) is 13.4 Å². The SMILES string of the molecule is Cc1ccc(C(=O)COc2ccc3c(c2)OCO3)s1. The minimum Gasteiger partial charge on any atom is -0.485 e. The lowest BCUT2D eigenvalue weighted by molar-refractivity contribution is 0.0925. The van der Waals surface area contributed by atoms with Crippen LogP contribution in [0.15, 0.2) is 30.3 Å². The predicted octanol–water partition coefficient (Wildman–Crippen LogP) is 3.05. The molecule has 0 unspecified atom stereocenters. The maximum atomic E-state index is 11.9. The van der Waals surface area contributed by atoms with E-state index >= 15 is 0 Å². The Labute approximate surface area is 114 Å². The summed E-state index contributed by atoms with van der Waals surface area (Å²) < 4.78 is 15.9. The van der Waals surface area contributed by atoms with Gasteiger partial charge in [0, 0.05) is 10.9 Å². The summed E-state index contributed by atoms with van der Waals surface area (Å²) in [5.74, 6) is 1.94. The molecule has 3 rings (SSSR count). The molecule has 4 nitrogen and oxygen atoms in total. The summed E-state index contributed by atoms with van der Waals surface area (Å²) in [5, 5.41) is 0. The predicted molar refractivity (Wildman–Crippen MR) is 71.4 cm³/mol. The van der Waals surface area contributed by atoms with E-state index in [1.807, 2.05) is 19.1 Å². The Morgan fingerprint density at radius 2 is 2.11 bits per heavy atom. The highest BCUT2D eigenvalue weighted by molar-refractivity contribution is 7.14. The summed E-state index contributed by atoms with van der Waals surface area (Å²) >= 11 is 1.48. The Morgan fingerprint density at radius 3 is 2.89 bits per heavy atom. The third kappa shape index (κ3) is 2.56. The molecule has 0 amide bonds. The van der Waals surface area contributed by atoms with Gasteiger partial charge in [0.15, 0.2) is 18.1 Å². The number of hydrogen-bond acceptors (Lipinski definition) is 5. The maximum Gasteiger partial charge on any atom is 0.231 e. The van der Waals surface area contributed by atoms with Gasteiger partial charge in [-0.15, -0.1) is 11.3 Å². The van der Waals surface area contributed by atoms with Crippen molar-refractivity contribution in [3.63, 3.8) is 0 Å². The second kappa shape index (κ2) is 4.93. The molecule has 1 aromatic carbocycles. The molecule has 1 aromatic heterocycles. The van der Waals surface area contributed by atoms with Gasteiger partial charge in [0.1, 0.15) is 5.75 Å². The third-order valence-corrected chi connectivity index (χ3v) is 3.77. The van der Waals surface area contributed by atoms with Crippen molar-refractivity contribution in [2.24, 2.45) is 0 Å². The van der Waals surface area contributed by atoms with Gasteiger partial charge in [-0.25, -0.2) is 0 Å². The van der Waals surface area contributed by atoms with E-state index in [1.165, 1.54) is 11.3 Å². The molecule has 0 aliphatic carbocycles. The molecule has 98 valence electrons. The number of ketones is 1. The van der Waals surface area contributed by atoms with Gasteiger partial charge < -0.3 is 14.2 Å². The molecule has 0 N–H and O–H groups in total. The molecule has 0 spiro atoms. The molecular weight excluding hydrogens is 264 g/mol. The minimum absolute atomic E-state index is 0.0178. The zero-order valence-electron chi connectivity index (χ0n) is 10.3. The van der Waals surface area contributed by atoms with Crippen LogP contribution in [0.5, 0.6) is 17.2 Å². The number of benzene rings is 1. The molecule has 5 heteroatoms. The van der Waals surface area contributed by atoms with E-state index in [2.05, 4.69) is 0 Å². The van der Waals surface area contributed by atoms with E-state index in [0.29, 0.717) is 17.2 Å². The summed E-state index contributed by atoms with van der Waals surface area (Å²) in [5.41, 5.74) is 0. The van der Waals surface area contributed by atoms with Crippen LogP contribution < -0.4 is 14.2 Å². The van der Waals surface area contributed by atoms with Crippen molar-refractivity contribution in [2.45, 2.75) is 6.92 Å². The number of fused-ring (bicyclic) bond motifs is 1. The largest absolute Gasteiger partial charge is 0.485 e. The second-order valence-corrected chi connectivity index (χ2v) is 5.43. The van der Waals surface area contributed by atoms with Crippen molar-refractivity contribution in [3.8, 4) is 17.2 Å². The number of aryl methyl sites for hydroxylation is 1. The number of rotatable bonds is 4. The molecule has 2 aromatic rings. The normalized spacial score (nSPS) is 12.5. The van der Waals surface area contributed by atoms with E-state index in [-0.39, 0.29) is 19.2 Å². The molecule has 0 bridgehead atoms. The summed E-state index contributed by atoms with van der Waals surface area (Å²) in [6, 6.07) is 9.02. The summed E-state index contributed by atoms with van der Waals surface area (Å²) in [6.07, 6.45) is 0. The maximum absolute atomic E-state index is 11.9. The Hall–Kier alpha value is -2.01. The van der Waals surface area contributed by atoms with Gasteiger partial charge in [0.05, 0.1) is 4.88 Å². The minimum atomic E-state index is -0.0178. The van der Waals surface area contributed by atoms with Crippen LogP contribution in [0.25, 0.3) is 0 Å². The molecule has 2 heterocycles. The fraction of sp³-hybridized carbons (Fsp3) is 0.214. The Bertz CT molecular complexity index is 618. The van der Waals surface area contributed by atoms with Crippen LogP contribution in [0.1, 0.15) is 14.5 Å². The quantitative estimate of drug-likeness (QED) is 0.805. The highest BCUT2D eigenvalue weighted by Gasteiger charge is 2.15. The molecule has 19 heavy (non-hydrogen) atoms. The molecule has 0 fully saturated rings. The zero-order chi connectivity index (χ0) is 13.2. The molecule has 0 radical (unpaired) electrons. The van der Waals surface area contributed by atoms with Crippen molar-refractivity contribution in [1.29, 1.82) is 0 Å². The standard InChI is InChI=1S/C14H12O4S/c1-9-2-5-14(19-9)11(15)7-16-10-3-4-12-13(6-10)18-8-17-12/h2-6H,7-8H2,1H3. The Morgan fingerprint density at radius 1 is 1.26 bits per heavy atom. The number of ether oxygens (including phenoxy) is 3. The van der Waals surface area contributed by atoms with E-state index in [1.54, 1.807) is 18.2 Å². The van der Waals surface area contributed by atoms with Crippen LogP contribution in [-0.4, -0.2) is 19.2 Å². The highest BCUT2D eigenvalue weighted by Crippen LogP contribution is 2.35. The van der Waals surface area contributed by atoms with Gasteiger partial charge in [-0.05, 0) is 31.2 Å². The number of Topliss-reactive ketones (excluding diaryl/α,β-unsaturated/α-hetero) is 1. The second-order valence-electron chi connectivity index (χ2n) is 4.14. The van der Waals surface area contributed by atoms with Gasteiger partial charge in [-0.2, -0.15) is 0 Å². The van der Waals surface area contributed by atoms with Crippen LogP contribution in [0, 0.1) is 6.92 Å². The van der Waals surface area contributed by atoms with Gasteiger partial charge in [0.2, 0.25) is 12.6 Å². The van der Waals surface area contributed by atoms with E-state index < -0.39 is 0 Å². The van der Waals surface area contributed by atoms with Crippen LogP contribution in [-0.2, 0) is 0 Å². The summed E-state index contributed by atoms with van der Waals surface area (Å²) in [6.45, 7) is 2.23. The first-order valence-electron chi connectivity index (χ1n) is 5.84. The average molecular weight is 276 g/mol. The molecule has 1 aliphatic rings. The number of carbonyl (C=O) groups is 1. The fourth-order valence-electron chi connectivity index (χ4n) is 1.77. The molecule has 0 atom stereocenters. The van der Waals surface area contributed by atoms with Crippen LogP contribution >= 0.6 is 11.3 Å². The average Bonchev–Trinajstić information content (AvgIpc) is 3.03. The summed E-state index contributed by atoms with van der Waals surface area (Å²) in [4.78, 5) is 13.7. The topological polar surface area (TPSA) is 44.8 Å². The Kier molecular flexibility index (Phi) is 3.13. The lowest BCUT2D eigenvalue weighted by Gasteiger charge is -2.05. The van der Waals surface area contributed by atoms with Crippen molar-refractivity contribution >= 4 is 17.1 Å². The van der Waals surface area contributed by atoms with Crippen LogP contribution in [0.4, 0.5) is 0 Å². The van der Waals surface area contributed by atoms with E-state index in [9.17, 15) is 4.79 Å². The lowest BCUT2D eigenvalue weighted by Crippen LogP contribution is -2.09. The number of thiophene rings is 1. The van der Waals surface area contributed by atoms with Crippen molar-refractivity contribution in [1.82, 2.24) is 0 Å². The molecule has 0 saturated heterocycles. The first-order chi connectivity index (χ1) is 9.22. The molecule has 0 saturated carbocycles. The first kappa shape index (κ1) is 12.0. The summed E-state index contributed by atoms with van der Waals surface area (Å²) in [7, 11) is 0. The Balaban J connectivity index is 1.64. The van der Waals surface area contributed by atoms with E-state index in [0.717, 1.165) is 9.75 Å². The van der Waals surface area contributed by atoms with E-state index in [4.69, 9.17) is 14.2 Å². The highest BCUT2D eigenvalue weighted by atomic mass is 32.1. The van der Waals surface area contributed by atoms with Gasteiger partial charge in [-0.3, -0.25) is 4.79 Å². The first-order valence-corrected chi connectivity index (χ1v) is 6.66. The monoisotopic (exact) mass is 276 g/mol.